The van der Waals surface area contributed by atoms with Crippen LogP contribution in [0.3, 0.4) is 0 Å². The number of ether oxygens (including phenoxy) is 1. The number of hydrogen-bond donors (Lipinski definition) is 2. The zero-order valence-corrected chi connectivity index (χ0v) is 20.6. The molecule has 0 saturated heterocycles. The first kappa shape index (κ1) is 21.7. The second kappa shape index (κ2) is 8.66. The van der Waals surface area contributed by atoms with Gasteiger partial charge in [-0.1, -0.05) is 6.42 Å². The number of anilines is 1. The SMILES string of the molecule is CCOC(=O)c1c(NC(=S)NC(C)C23CC4CC(CC(C4)C2)C3)sc2c1CCCCC2. The smallest absolute Gasteiger partial charge is 0.341 e. The van der Waals surface area contributed by atoms with Gasteiger partial charge in [-0.2, -0.15) is 0 Å². The van der Waals surface area contributed by atoms with Crippen molar-refractivity contribution in [2.45, 2.75) is 90.5 Å². The molecule has 6 rings (SSSR count). The summed E-state index contributed by atoms with van der Waals surface area (Å²) in [6.07, 6.45) is 14.0. The fraction of sp³-hybridized carbons (Fsp3) is 0.760. The van der Waals surface area contributed by atoms with Gasteiger partial charge in [-0.25, -0.2) is 4.79 Å². The molecule has 1 aromatic heterocycles. The van der Waals surface area contributed by atoms with Gasteiger partial charge in [0, 0.05) is 10.9 Å². The van der Waals surface area contributed by atoms with Gasteiger partial charge in [-0.15, -0.1) is 11.3 Å². The molecule has 0 aromatic carbocycles. The second-order valence-electron chi connectivity index (χ2n) is 10.6. The van der Waals surface area contributed by atoms with E-state index in [1.807, 2.05) is 6.92 Å². The van der Waals surface area contributed by atoms with E-state index in [0.29, 0.717) is 23.2 Å². The van der Waals surface area contributed by atoms with Crippen LogP contribution in [-0.4, -0.2) is 23.7 Å². The summed E-state index contributed by atoms with van der Waals surface area (Å²) in [5, 5.41) is 8.61. The maximum absolute atomic E-state index is 12.8. The normalized spacial score (nSPS) is 32.1. The Hall–Kier alpha value is -1.14. The molecule has 4 fully saturated rings. The quantitative estimate of drug-likeness (QED) is 0.317. The third-order valence-electron chi connectivity index (χ3n) is 8.48. The van der Waals surface area contributed by atoms with Crippen LogP contribution >= 0.6 is 23.6 Å². The molecule has 0 radical (unpaired) electrons. The van der Waals surface area contributed by atoms with E-state index in [2.05, 4.69) is 17.6 Å². The number of esters is 1. The van der Waals surface area contributed by atoms with Crippen molar-refractivity contribution in [3.63, 3.8) is 0 Å². The average Bonchev–Trinajstić information content (AvgIpc) is 2.87. The summed E-state index contributed by atoms with van der Waals surface area (Å²) in [5.41, 5.74) is 2.33. The first-order chi connectivity index (χ1) is 15.0. The standard InChI is InChI=1S/C25H36N2O2S2/c1-3-29-23(28)21-19-7-5-4-6-8-20(19)31-22(21)27-24(30)26-15(2)25-12-16-9-17(13-25)11-18(10-16)14-25/h15-18H,3-14H2,1-2H3,(H2,26,27,30). The van der Waals surface area contributed by atoms with Crippen LogP contribution in [0.4, 0.5) is 5.00 Å². The molecule has 4 saturated carbocycles. The van der Waals surface area contributed by atoms with E-state index < -0.39 is 0 Å². The minimum absolute atomic E-state index is 0.207. The van der Waals surface area contributed by atoms with Crippen LogP contribution in [0.1, 0.15) is 92.4 Å². The molecule has 1 atom stereocenters. The summed E-state index contributed by atoms with van der Waals surface area (Å²) in [4.78, 5) is 14.2. The van der Waals surface area contributed by atoms with E-state index >= 15 is 0 Å². The van der Waals surface area contributed by atoms with Crippen molar-refractivity contribution in [1.29, 1.82) is 0 Å². The van der Waals surface area contributed by atoms with Gasteiger partial charge in [0.25, 0.3) is 0 Å². The van der Waals surface area contributed by atoms with Crippen LogP contribution in [0, 0.1) is 23.2 Å². The molecule has 6 heteroatoms. The Labute approximate surface area is 195 Å². The summed E-state index contributed by atoms with van der Waals surface area (Å²) < 4.78 is 5.43. The van der Waals surface area contributed by atoms with Crippen molar-refractivity contribution >= 4 is 39.6 Å². The lowest BCUT2D eigenvalue weighted by Gasteiger charge is -2.59. The molecule has 1 aromatic rings. The summed E-state index contributed by atoms with van der Waals surface area (Å²) >= 11 is 7.48. The molecule has 5 aliphatic rings. The van der Waals surface area contributed by atoms with Crippen molar-refractivity contribution in [3.8, 4) is 0 Å². The Kier molecular flexibility index (Phi) is 6.06. The average molecular weight is 461 g/mol. The lowest BCUT2D eigenvalue weighted by molar-refractivity contribution is -0.0671. The number of rotatable bonds is 5. The minimum Gasteiger partial charge on any atom is -0.462 e. The summed E-state index contributed by atoms with van der Waals surface area (Å²) in [6, 6.07) is 0.365. The maximum Gasteiger partial charge on any atom is 0.341 e. The van der Waals surface area contributed by atoms with E-state index in [1.54, 1.807) is 11.3 Å². The van der Waals surface area contributed by atoms with Crippen molar-refractivity contribution in [2.24, 2.45) is 23.2 Å². The molecule has 170 valence electrons. The van der Waals surface area contributed by atoms with Gasteiger partial charge >= 0.3 is 5.97 Å². The Morgan fingerprint density at radius 2 is 1.77 bits per heavy atom. The topological polar surface area (TPSA) is 50.4 Å². The van der Waals surface area contributed by atoms with Crippen molar-refractivity contribution in [1.82, 2.24) is 5.32 Å². The van der Waals surface area contributed by atoms with Crippen LogP contribution in [0.2, 0.25) is 0 Å². The molecule has 0 aliphatic heterocycles. The second-order valence-corrected chi connectivity index (χ2v) is 12.1. The van der Waals surface area contributed by atoms with Gasteiger partial charge in [0.05, 0.1) is 12.2 Å². The molecule has 4 bridgehead atoms. The first-order valence-electron chi connectivity index (χ1n) is 12.4. The molecular formula is C25H36N2O2S2. The highest BCUT2D eigenvalue weighted by atomic mass is 32.1. The first-order valence-corrected chi connectivity index (χ1v) is 13.6. The number of carbonyl (C=O) groups excluding carboxylic acids is 1. The molecule has 0 spiro atoms. The largest absolute Gasteiger partial charge is 0.462 e. The Bertz CT molecular complexity index is 827. The van der Waals surface area contributed by atoms with Crippen LogP contribution in [0.15, 0.2) is 0 Å². The summed E-state index contributed by atoms with van der Waals surface area (Å²) in [7, 11) is 0. The molecule has 0 amide bonds. The highest BCUT2D eigenvalue weighted by molar-refractivity contribution is 7.80. The number of hydrogen-bond acceptors (Lipinski definition) is 4. The fourth-order valence-electron chi connectivity index (χ4n) is 7.45. The monoisotopic (exact) mass is 460 g/mol. The number of nitrogens with one attached hydrogen (secondary N) is 2. The Morgan fingerprint density at radius 1 is 1.13 bits per heavy atom. The molecule has 2 N–H and O–H groups in total. The zero-order valence-electron chi connectivity index (χ0n) is 18.9. The number of thiophene rings is 1. The highest BCUT2D eigenvalue weighted by Crippen LogP contribution is 2.61. The van der Waals surface area contributed by atoms with Crippen LogP contribution in [0.5, 0.6) is 0 Å². The highest BCUT2D eigenvalue weighted by Gasteiger charge is 2.53. The van der Waals surface area contributed by atoms with Gasteiger partial charge in [0.2, 0.25) is 0 Å². The predicted octanol–water partition coefficient (Wildman–Crippen LogP) is 6.09. The predicted molar refractivity (Wildman–Crippen MR) is 131 cm³/mol. The van der Waals surface area contributed by atoms with Gasteiger partial charge in [0.1, 0.15) is 5.00 Å². The van der Waals surface area contributed by atoms with Crippen molar-refractivity contribution < 1.29 is 9.53 Å². The number of fused-ring (bicyclic) bond motifs is 1. The van der Waals surface area contributed by atoms with E-state index in [-0.39, 0.29) is 5.97 Å². The molecule has 4 nitrogen and oxygen atoms in total. The number of thiocarbonyl (C=S) groups is 1. The van der Waals surface area contributed by atoms with Gasteiger partial charge < -0.3 is 15.4 Å². The van der Waals surface area contributed by atoms with Crippen molar-refractivity contribution in [2.75, 3.05) is 11.9 Å². The third-order valence-corrected chi connectivity index (χ3v) is 9.91. The van der Waals surface area contributed by atoms with E-state index in [1.165, 1.54) is 61.8 Å². The van der Waals surface area contributed by atoms with E-state index in [4.69, 9.17) is 17.0 Å². The molecular weight excluding hydrogens is 424 g/mol. The lowest BCUT2D eigenvalue weighted by atomic mass is 9.48. The van der Waals surface area contributed by atoms with E-state index in [9.17, 15) is 4.79 Å². The van der Waals surface area contributed by atoms with Gasteiger partial charge in [-0.05, 0) is 119 Å². The number of carbonyl (C=O) groups is 1. The van der Waals surface area contributed by atoms with Crippen LogP contribution < -0.4 is 10.6 Å². The molecule has 31 heavy (non-hydrogen) atoms. The molecule has 5 aliphatic carbocycles. The molecule has 1 heterocycles. The zero-order chi connectivity index (χ0) is 21.6. The number of aryl methyl sites for hydroxylation is 1. The van der Waals surface area contributed by atoms with Crippen molar-refractivity contribution in [3.05, 3.63) is 16.0 Å². The third kappa shape index (κ3) is 4.15. The Morgan fingerprint density at radius 3 is 2.42 bits per heavy atom. The van der Waals surface area contributed by atoms with Gasteiger partial charge in [0.15, 0.2) is 5.11 Å². The fourth-order valence-corrected chi connectivity index (χ4v) is 9.07. The van der Waals surface area contributed by atoms with Gasteiger partial charge in [-0.3, -0.25) is 0 Å². The molecule has 1 unspecified atom stereocenters. The maximum atomic E-state index is 12.8. The summed E-state index contributed by atoms with van der Waals surface area (Å²) in [6.45, 7) is 4.60. The van der Waals surface area contributed by atoms with E-state index in [0.717, 1.165) is 47.6 Å². The Balaban J connectivity index is 1.32. The lowest BCUT2D eigenvalue weighted by Crippen LogP contribution is -2.56. The van der Waals surface area contributed by atoms with Crippen LogP contribution in [-0.2, 0) is 17.6 Å². The van der Waals surface area contributed by atoms with Crippen LogP contribution in [0.25, 0.3) is 0 Å². The minimum atomic E-state index is -0.207. The summed E-state index contributed by atoms with van der Waals surface area (Å²) in [5.74, 6) is 2.59.